The standard InChI is InChI=1S/C17H19N3O2/c1-22-13-6-4-5-12(11-13)17(21)18-10-9-16-19-14-7-2-3-8-15(14)20-16/h2-8,11,16,19-20H,9-10H2,1H3,(H,18,21). The minimum Gasteiger partial charge on any atom is -0.497 e. The number of nitrogens with one attached hydrogen (secondary N) is 3. The fraction of sp³-hybridized carbons (Fsp3) is 0.235. The zero-order chi connectivity index (χ0) is 15.4. The van der Waals surface area contributed by atoms with Gasteiger partial charge in [-0.05, 0) is 30.3 Å². The van der Waals surface area contributed by atoms with Crippen molar-refractivity contribution < 1.29 is 9.53 Å². The minimum atomic E-state index is -0.0885. The van der Waals surface area contributed by atoms with Crippen molar-refractivity contribution in [3.8, 4) is 5.75 Å². The molecule has 0 spiro atoms. The van der Waals surface area contributed by atoms with Gasteiger partial charge in [-0.15, -0.1) is 0 Å². The van der Waals surface area contributed by atoms with Gasteiger partial charge in [0.05, 0.1) is 24.7 Å². The van der Waals surface area contributed by atoms with E-state index in [4.69, 9.17) is 4.74 Å². The first-order valence-electron chi connectivity index (χ1n) is 7.30. The van der Waals surface area contributed by atoms with Gasteiger partial charge in [0.2, 0.25) is 0 Å². The predicted octanol–water partition coefficient (Wildman–Crippen LogP) is 2.68. The largest absolute Gasteiger partial charge is 0.497 e. The van der Waals surface area contributed by atoms with E-state index in [1.165, 1.54) is 0 Å². The van der Waals surface area contributed by atoms with Crippen molar-refractivity contribution in [2.75, 3.05) is 24.3 Å². The number of hydrogen-bond donors (Lipinski definition) is 3. The van der Waals surface area contributed by atoms with Crippen molar-refractivity contribution in [2.45, 2.75) is 12.6 Å². The van der Waals surface area contributed by atoms with Crippen LogP contribution in [0, 0.1) is 0 Å². The Morgan fingerprint density at radius 2 is 1.86 bits per heavy atom. The second-order valence-corrected chi connectivity index (χ2v) is 5.16. The minimum absolute atomic E-state index is 0.0885. The summed E-state index contributed by atoms with van der Waals surface area (Å²) in [5.41, 5.74) is 2.81. The van der Waals surface area contributed by atoms with Gasteiger partial charge in [-0.1, -0.05) is 18.2 Å². The lowest BCUT2D eigenvalue weighted by atomic mass is 10.2. The summed E-state index contributed by atoms with van der Waals surface area (Å²) >= 11 is 0. The molecule has 22 heavy (non-hydrogen) atoms. The Hall–Kier alpha value is -2.69. The Morgan fingerprint density at radius 1 is 1.14 bits per heavy atom. The summed E-state index contributed by atoms with van der Waals surface area (Å²) in [7, 11) is 1.59. The highest BCUT2D eigenvalue weighted by Crippen LogP contribution is 2.28. The number of carbonyl (C=O) groups is 1. The second-order valence-electron chi connectivity index (χ2n) is 5.16. The predicted molar refractivity (Wildman–Crippen MR) is 87.4 cm³/mol. The number of para-hydroxylation sites is 2. The molecule has 0 unspecified atom stereocenters. The number of hydrogen-bond acceptors (Lipinski definition) is 4. The van der Waals surface area contributed by atoms with Crippen LogP contribution in [0.2, 0.25) is 0 Å². The Balaban J connectivity index is 1.48. The monoisotopic (exact) mass is 297 g/mol. The molecule has 2 aromatic carbocycles. The molecular formula is C17H19N3O2. The van der Waals surface area contributed by atoms with E-state index in [2.05, 4.69) is 16.0 Å². The zero-order valence-electron chi connectivity index (χ0n) is 12.4. The summed E-state index contributed by atoms with van der Waals surface area (Å²) in [6.45, 7) is 0.592. The van der Waals surface area contributed by atoms with Crippen LogP contribution < -0.4 is 20.7 Å². The van der Waals surface area contributed by atoms with E-state index >= 15 is 0 Å². The number of benzene rings is 2. The normalized spacial score (nSPS) is 13.0. The maximum atomic E-state index is 12.1. The first-order valence-corrected chi connectivity index (χ1v) is 7.30. The van der Waals surface area contributed by atoms with E-state index in [0.29, 0.717) is 17.9 Å². The van der Waals surface area contributed by atoms with E-state index < -0.39 is 0 Å². The molecule has 0 aliphatic carbocycles. The fourth-order valence-electron chi connectivity index (χ4n) is 2.49. The summed E-state index contributed by atoms with van der Waals surface area (Å²) in [6, 6.07) is 15.2. The van der Waals surface area contributed by atoms with Crippen LogP contribution in [0.3, 0.4) is 0 Å². The van der Waals surface area contributed by atoms with E-state index in [0.717, 1.165) is 17.8 Å². The van der Waals surface area contributed by atoms with Gasteiger partial charge >= 0.3 is 0 Å². The van der Waals surface area contributed by atoms with Gasteiger partial charge < -0.3 is 20.7 Å². The highest BCUT2D eigenvalue weighted by atomic mass is 16.5. The SMILES string of the molecule is COc1cccc(C(=O)NCCC2Nc3ccccc3N2)c1. The lowest BCUT2D eigenvalue weighted by Crippen LogP contribution is -2.31. The van der Waals surface area contributed by atoms with Crippen LogP contribution in [0.25, 0.3) is 0 Å². The quantitative estimate of drug-likeness (QED) is 0.794. The van der Waals surface area contributed by atoms with Crippen LogP contribution in [0.15, 0.2) is 48.5 Å². The smallest absolute Gasteiger partial charge is 0.251 e. The second kappa shape index (κ2) is 6.39. The number of fused-ring (bicyclic) bond motifs is 1. The van der Waals surface area contributed by atoms with Gasteiger partial charge in [-0.25, -0.2) is 0 Å². The van der Waals surface area contributed by atoms with Crippen molar-refractivity contribution in [1.82, 2.24) is 5.32 Å². The molecule has 3 N–H and O–H groups in total. The van der Waals surface area contributed by atoms with Crippen molar-refractivity contribution in [3.63, 3.8) is 0 Å². The van der Waals surface area contributed by atoms with Crippen LogP contribution >= 0.6 is 0 Å². The molecule has 5 heteroatoms. The molecule has 0 saturated heterocycles. The molecule has 3 rings (SSSR count). The molecule has 0 atom stereocenters. The molecule has 0 fully saturated rings. The number of anilines is 2. The topological polar surface area (TPSA) is 62.4 Å². The van der Waals surface area contributed by atoms with Crippen molar-refractivity contribution in [2.24, 2.45) is 0 Å². The number of rotatable bonds is 5. The zero-order valence-corrected chi connectivity index (χ0v) is 12.4. The van der Waals surface area contributed by atoms with Gasteiger partial charge in [0.15, 0.2) is 0 Å². The molecule has 0 bridgehead atoms. The number of ether oxygens (including phenoxy) is 1. The Morgan fingerprint density at radius 3 is 2.55 bits per heavy atom. The summed E-state index contributed by atoms with van der Waals surface area (Å²) < 4.78 is 5.13. The van der Waals surface area contributed by atoms with Crippen LogP contribution in [-0.2, 0) is 0 Å². The first kappa shape index (κ1) is 14.3. The van der Waals surface area contributed by atoms with E-state index in [9.17, 15) is 4.79 Å². The van der Waals surface area contributed by atoms with Gasteiger partial charge in [0.25, 0.3) is 5.91 Å². The van der Waals surface area contributed by atoms with Crippen LogP contribution in [0.1, 0.15) is 16.8 Å². The van der Waals surface area contributed by atoms with Gasteiger partial charge in [0, 0.05) is 18.5 Å². The molecule has 1 heterocycles. The third-order valence-corrected chi connectivity index (χ3v) is 3.64. The van der Waals surface area contributed by atoms with Crippen molar-refractivity contribution in [1.29, 1.82) is 0 Å². The molecule has 0 aromatic heterocycles. The first-order chi connectivity index (χ1) is 10.8. The molecule has 1 aliphatic rings. The van der Waals surface area contributed by atoms with Gasteiger partial charge in [0.1, 0.15) is 5.75 Å². The molecular weight excluding hydrogens is 278 g/mol. The summed E-state index contributed by atoms with van der Waals surface area (Å²) in [6.07, 6.45) is 0.938. The number of amides is 1. The molecule has 0 radical (unpaired) electrons. The average Bonchev–Trinajstić information content (AvgIpc) is 2.97. The van der Waals surface area contributed by atoms with Crippen molar-refractivity contribution >= 4 is 17.3 Å². The maximum Gasteiger partial charge on any atom is 0.251 e. The van der Waals surface area contributed by atoms with Crippen LogP contribution in [-0.4, -0.2) is 25.7 Å². The Bertz CT molecular complexity index is 647. The highest BCUT2D eigenvalue weighted by Gasteiger charge is 2.18. The number of carbonyl (C=O) groups excluding carboxylic acids is 1. The van der Waals surface area contributed by atoms with Gasteiger partial charge in [-0.3, -0.25) is 4.79 Å². The van der Waals surface area contributed by atoms with Crippen LogP contribution in [0.4, 0.5) is 11.4 Å². The Kier molecular flexibility index (Phi) is 4.14. The number of methoxy groups -OCH3 is 1. The lowest BCUT2D eigenvalue weighted by Gasteiger charge is -2.13. The average molecular weight is 297 g/mol. The van der Waals surface area contributed by atoms with E-state index in [1.54, 1.807) is 19.2 Å². The van der Waals surface area contributed by atoms with Gasteiger partial charge in [-0.2, -0.15) is 0 Å². The molecule has 2 aromatic rings. The van der Waals surface area contributed by atoms with Crippen molar-refractivity contribution in [3.05, 3.63) is 54.1 Å². The molecule has 114 valence electrons. The third-order valence-electron chi connectivity index (χ3n) is 3.64. The summed E-state index contributed by atoms with van der Waals surface area (Å²) in [5, 5.41) is 9.70. The highest BCUT2D eigenvalue weighted by molar-refractivity contribution is 5.94. The van der Waals surface area contributed by atoms with Crippen LogP contribution in [0.5, 0.6) is 5.75 Å². The van der Waals surface area contributed by atoms with E-state index in [-0.39, 0.29) is 12.1 Å². The summed E-state index contributed by atoms with van der Waals surface area (Å²) in [4.78, 5) is 12.1. The lowest BCUT2D eigenvalue weighted by molar-refractivity contribution is 0.0952. The third kappa shape index (κ3) is 3.14. The molecule has 5 nitrogen and oxygen atoms in total. The summed E-state index contributed by atoms with van der Waals surface area (Å²) in [5.74, 6) is 0.594. The maximum absolute atomic E-state index is 12.1. The molecule has 1 aliphatic heterocycles. The fourth-order valence-corrected chi connectivity index (χ4v) is 2.49. The van der Waals surface area contributed by atoms with E-state index in [1.807, 2.05) is 36.4 Å². The molecule has 0 saturated carbocycles. The Labute approximate surface area is 129 Å². The molecule has 1 amide bonds.